The number of aromatic nitrogens is 5. The van der Waals surface area contributed by atoms with Gasteiger partial charge in [0, 0.05) is 48.3 Å². The van der Waals surface area contributed by atoms with E-state index in [0.29, 0.717) is 35.8 Å². The molecule has 12 nitrogen and oxygen atoms in total. The number of nitrogens with one attached hydrogen (secondary N) is 2. The van der Waals surface area contributed by atoms with Crippen LogP contribution < -0.4 is 26.7 Å². The maximum atomic E-state index is 13.6. The molecule has 1 saturated heterocycles. The van der Waals surface area contributed by atoms with Gasteiger partial charge in [-0.2, -0.15) is 4.98 Å². The Kier molecular flexibility index (Phi) is 9.72. The van der Waals surface area contributed by atoms with Gasteiger partial charge >= 0.3 is 0 Å². The maximum Gasteiger partial charge on any atom is 0.268 e. The van der Waals surface area contributed by atoms with E-state index in [2.05, 4.69) is 42.3 Å². The van der Waals surface area contributed by atoms with Crippen molar-refractivity contribution in [2.75, 3.05) is 43.1 Å². The van der Waals surface area contributed by atoms with Crippen LogP contribution in [-0.4, -0.2) is 62.8 Å². The lowest BCUT2D eigenvalue weighted by atomic mass is 10.2. The molecule has 2 aromatic carbocycles. The number of nitrogens with zero attached hydrogens (tertiary/aromatic N) is 6. The topological polar surface area (TPSA) is 136 Å². The van der Waals surface area contributed by atoms with Crippen LogP contribution in [-0.2, 0) is 11.3 Å². The highest BCUT2D eigenvalue weighted by molar-refractivity contribution is 5.93. The summed E-state index contributed by atoms with van der Waals surface area (Å²) in [7, 11) is 0. The smallest absolute Gasteiger partial charge is 0.268 e. The number of benzene rings is 2. The van der Waals surface area contributed by atoms with Crippen LogP contribution in [0.25, 0.3) is 11.0 Å². The van der Waals surface area contributed by atoms with Gasteiger partial charge in [0.25, 0.3) is 17.0 Å². The van der Waals surface area contributed by atoms with Crippen molar-refractivity contribution in [3.63, 3.8) is 0 Å². The van der Waals surface area contributed by atoms with Gasteiger partial charge in [0.15, 0.2) is 11.6 Å². The standard InChI is InChI=1S/C35H32F2N8O4/c1-22(2)45-31-25(18-40-35(42-31)41-26-6-8-27(9-7-26)43-12-14-49-15-13-43)17-24(33(45)47)4-3-11-39-32(46)28-19-38-21-44(34(28)48)20-23-5-10-29(36)30(37)16-23/h5-10,16-19,21-22H,11-15,20H2,1-2H3,(H,39,46)(H,40,41,42). The third kappa shape index (κ3) is 7.47. The Morgan fingerprint density at radius 2 is 1.78 bits per heavy atom. The lowest BCUT2D eigenvalue weighted by Crippen LogP contribution is -2.36. The summed E-state index contributed by atoms with van der Waals surface area (Å²) in [4.78, 5) is 54.4. The van der Waals surface area contributed by atoms with E-state index in [1.807, 2.05) is 38.1 Å². The average molecular weight is 667 g/mol. The van der Waals surface area contributed by atoms with Crippen molar-refractivity contribution in [2.45, 2.75) is 26.4 Å². The van der Waals surface area contributed by atoms with Crippen molar-refractivity contribution < 1.29 is 18.3 Å². The molecular formula is C35H32F2N8O4. The number of morpholine rings is 1. The number of carbonyl (C=O) groups excluding carboxylic acids is 1. The Labute approximate surface area is 279 Å². The molecule has 1 fully saturated rings. The molecule has 0 radical (unpaired) electrons. The molecule has 0 unspecified atom stereocenters. The summed E-state index contributed by atoms with van der Waals surface area (Å²) >= 11 is 0. The quantitative estimate of drug-likeness (QED) is 0.238. The number of ether oxygens (including phenoxy) is 1. The first-order valence-corrected chi connectivity index (χ1v) is 15.6. The van der Waals surface area contributed by atoms with Crippen molar-refractivity contribution in [2.24, 2.45) is 0 Å². The summed E-state index contributed by atoms with van der Waals surface area (Å²) in [5.74, 6) is 3.13. The van der Waals surface area contributed by atoms with Crippen molar-refractivity contribution in [3.05, 3.63) is 116 Å². The molecule has 6 rings (SSSR count). The molecule has 2 N–H and O–H groups in total. The SMILES string of the molecule is CC(C)n1c(=O)c(C#CCNC(=O)c2cncn(Cc3ccc(F)c(F)c3)c2=O)cc2cnc(Nc3ccc(N4CCOCC4)cc3)nc21. The van der Waals surface area contributed by atoms with E-state index in [9.17, 15) is 23.2 Å². The number of hydrogen-bond acceptors (Lipinski definition) is 9. The monoisotopic (exact) mass is 666 g/mol. The van der Waals surface area contributed by atoms with Crippen LogP contribution in [0.15, 0.2) is 76.8 Å². The van der Waals surface area contributed by atoms with Crippen LogP contribution >= 0.6 is 0 Å². The van der Waals surface area contributed by atoms with E-state index >= 15 is 0 Å². The van der Waals surface area contributed by atoms with Crippen molar-refractivity contribution in [1.29, 1.82) is 0 Å². The van der Waals surface area contributed by atoms with Crippen LogP contribution in [0.1, 0.15) is 41.4 Å². The van der Waals surface area contributed by atoms with E-state index in [1.165, 1.54) is 17.0 Å². The fourth-order valence-electron chi connectivity index (χ4n) is 5.37. The molecule has 250 valence electrons. The highest BCUT2D eigenvalue weighted by Gasteiger charge is 2.16. The third-order valence-electron chi connectivity index (χ3n) is 7.83. The summed E-state index contributed by atoms with van der Waals surface area (Å²) in [6.07, 6.45) is 3.93. The molecule has 49 heavy (non-hydrogen) atoms. The Balaban J connectivity index is 1.15. The summed E-state index contributed by atoms with van der Waals surface area (Å²) in [5.41, 5.74) is 1.58. The predicted molar refractivity (Wildman–Crippen MR) is 180 cm³/mol. The van der Waals surface area contributed by atoms with Crippen LogP contribution in [0.3, 0.4) is 0 Å². The second kappa shape index (κ2) is 14.4. The number of fused-ring (bicyclic) bond motifs is 1. The first-order chi connectivity index (χ1) is 23.7. The van der Waals surface area contributed by atoms with Gasteiger partial charge in [0.05, 0.1) is 38.2 Å². The summed E-state index contributed by atoms with van der Waals surface area (Å²) in [6, 6.07) is 12.6. The highest BCUT2D eigenvalue weighted by atomic mass is 19.2. The number of halogens is 2. The lowest BCUT2D eigenvalue weighted by Gasteiger charge is -2.28. The van der Waals surface area contributed by atoms with Crippen molar-refractivity contribution >= 4 is 34.3 Å². The molecule has 14 heteroatoms. The lowest BCUT2D eigenvalue weighted by molar-refractivity contribution is 0.0956. The zero-order chi connectivity index (χ0) is 34.5. The zero-order valence-corrected chi connectivity index (χ0v) is 26.7. The van der Waals surface area contributed by atoms with E-state index in [1.54, 1.807) is 12.3 Å². The molecule has 0 atom stereocenters. The summed E-state index contributed by atoms with van der Waals surface area (Å²) in [6.45, 7) is 6.54. The highest BCUT2D eigenvalue weighted by Crippen LogP contribution is 2.22. The third-order valence-corrected chi connectivity index (χ3v) is 7.83. The largest absolute Gasteiger partial charge is 0.378 e. The molecule has 3 aromatic heterocycles. The van der Waals surface area contributed by atoms with Crippen molar-refractivity contribution in [1.82, 2.24) is 29.4 Å². The Hall–Kier alpha value is -5.94. The minimum atomic E-state index is -1.05. The van der Waals surface area contributed by atoms with Crippen LogP contribution in [0.4, 0.5) is 26.1 Å². The van der Waals surface area contributed by atoms with E-state index in [4.69, 9.17) is 4.74 Å². The van der Waals surface area contributed by atoms with Gasteiger partial charge in [0.2, 0.25) is 5.95 Å². The molecule has 0 spiro atoms. The first kappa shape index (κ1) is 33.0. The van der Waals surface area contributed by atoms with Crippen LogP contribution in [0, 0.1) is 23.5 Å². The molecule has 1 aliphatic heterocycles. The van der Waals surface area contributed by atoms with Crippen LogP contribution in [0.5, 0.6) is 0 Å². The number of amides is 1. The molecule has 0 aliphatic carbocycles. The fraction of sp³-hybridized carbons (Fsp3) is 0.257. The Morgan fingerprint density at radius 1 is 1.00 bits per heavy atom. The van der Waals surface area contributed by atoms with Gasteiger partial charge in [0.1, 0.15) is 11.2 Å². The van der Waals surface area contributed by atoms with E-state index in [0.717, 1.165) is 47.4 Å². The zero-order valence-electron chi connectivity index (χ0n) is 26.7. The molecule has 1 amide bonds. The Bertz CT molecular complexity index is 2200. The second-order valence-electron chi connectivity index (χ2n) is 11.5. The fourth-order valence-corrected chi connectivity index (χ4v) is 5.37. The molecule has 1 aliphatic rings. The maximum absolute atomic E-state index is 13.6. The van der Waals surface area contributed by atoms with Crippen molar-refractivity contribution in [3.8, 4) is 11.8 Å². The normalized spacial score (nSPS) is 12.9. The van der Waals surface area contributed by atoms with Gasteiger partial charge in [-0.15, -0.1) is 0 Å². The van der Waals surface area contributed by atoms with E-state index < -0.39 is 23.1 Å². The second-order valence-corrected chi connectivity index (χ2v) is 11.5. The van der Waals surface area contributed by atoms with Gasteiger partial charge in [-0.05, 0) is 61.9 Å². The van der Waals surface area contributed by atoms with Gasteiger partial charge in [-0.25, -0.2) is 18.7 Å². The molecule has 4 heterocycles. The van der Waals surface area contributed by atoms with Gasteiger partial charge in [-0.3, -0.25) is 23.5 Å². The minimum absolute atomic E-state index is 0.113. The predicted octanol–water partition coefficient (Wildman–Crippen LogP) is 3.62. The minimum Gasteiger partial charge on any atom is -0.378 e. The van der Waals surface area contributed by atoms with Crippen LogP contribution in [0.2, 0.25) is 0 Å². The van der Waals surface area contributed by atoms with E-state index in [-0.39, 0.29) is 35.8 Å². The molecular weight excluding hydrogens is 634 g/mol. The number of carbonyl (C=O) groups is 1. The Morgan fingerprint density at radius 3 is 2.51 bits per heavy atom. The number of pyridine rings is 1. The van der Waals surface area contributed by atoms with Gasteiger partial charge in [-0.1, -0.05) is 17.9 Å². The summed E-state index contributed by atoms with van der Waals surface area (Å²) < 4.78 is 35.0. The number of anilines is 3. The molecule has 0 saturated carbocycles. The van der Waals surface area contributed by atoms with Gasteiger partial charge < -0.3 is 20.3 Å². The molecule has 0 bridgehead atoms. The number of rotatable bonds is 8. The first-order valence-electron chi connectivity index (χ1n) is 15.6. The summed E-state index contributed by atoms with van der Waals surface area (Å²) in [5, 5.41) is 6.35. The average Bonchev–Trinajstić information content (AvgIpc) is 3.10. The molecule has 5 aromatic rings. The number of hydrogen-bond donors (Lipinski definition) is 2.